The van der Waals surface area contributed by atoms with Crippen LogP contribution in [0.5, 0.6) is 11.5 Å². The summed E-state index contributed by atoms with van der Waals surface area (Å²) in [5.41, 5.74) is 1.46. The van der Waals surface area contributed by atoms with Gasteiger partial charge < -0.3 is 14.6 Å². The molecule has 0 fully saturated rings. The van der Waals surface area contributed by atoms with Crippen molar-refractivity contribution < 1.29 is 17.9 Å². The number of anilines is 2. The van der Waals surface area contributed by atoms with Crippen LogP contribution in [0.2, 0.25) is 5.02 Å². The molecule has 0 bridgehead atoms. The lowest BCUT2D eigenvalue weighted by atomic mass is 10.2. The van der Waals surface area contributed by atoms with Gasteiger partial charge in [0.05, 0.1) is 16.1 Å². The molecule has 0 aliphatic heterocycles. The van der Waals surface area contributed by atoms with E-state index in [0.717, 1.165) is 36.1 Å². The summed E-state index contributed by atoms with van der Waals surface area (Å²) in [7, 11) is 0. The standard InChI is InChI=1S/C22H17Cl2F3N4O/c23-8-2-9-31-10-7-18-20(31)21(29-13-28-18)30-15-5-6-19(17(24)12-15)32-16-4-1-3-14(11-16)22(25,26)27/h1,3-7,10-13H,2,8-9H2,(H,28,29,30). The van der Waals surface area contributed by atoms with Crippen molar-refractivity contribution in [1.82, 2.24) is 14.5 Å². The average molecular weight is 481 g/mol. The highest BCUT2D eigenvalue weighted by atomic mass is 35.5. The largest absolute Gasteiger partial charge is 0.456 e. The van der Waals surface area contributed by atoms with E-state index in [-0.39, 0.29) is 16.5 Å². The first-order valence-electron chi connectivity index (χ1n) is 9.62. The number of alkyl halides is 4. The second-order valence-corrected chi connectivity index (χ2v) is 7.69. The number of nitrogens with one attached hydrogen (secondary N) is 1. The summed E-state index contributed by atoms with van der Waals surface area (Å²) in [5, 5.41) is 3.45. The number of hydrogen-bond donors (Lipinski definition) is 1. The van der Waals surface area contributed by atoms with Crippen LogP contribution in [0.4, 0.5) is 24.7 Å². The van der Waals surface area contributed by atoms with Gasteiger partial charge in [0.2, 0.25) is 0 Å². The Labute approximate surface area is 191 Å². The van der Waals surface area contributed by atoms with E-state index in [0.29, 0.717) is 17.4 Å². The maximum atomic E-state index is 12.9. The molecule has 10 heteroatoms. The first-order valence-corrected chi connectivity index (χ1v) is 10.5. The van der Waals surface area contributed by atoms with Gasteiger partial charge in [-0.25, -0.2) is 9.97 Å². The summed E-state index contributed by atoms with van der Waals surface area (Å²) in [6, 6.07) is 11.4. The lowest BCUT2D eigenvalue weighted by molar-refractivity contribution is -0.137. The van der Waals surface area contributed by atoms with E-state index in [9.17, 15) is 13.2 Å². The molecular weight excluding hydrogens is 464 g/mol. The number of fused-ring (bicyclic) bond motifs is 1. The van der Waals surface area contributed by atoms with Crippen molar-refractivity contribution in [1.29, 1.82) is 0 Å². The summed E-state index contributed by atoms with van der Waals surface area (Å²) in [6.07, 6.45) is -0.270. The predicted octanol–water partition coefficient (Wildman–Crippen LogP) is 7.27. The lowest BCUT2D eigenvalue weighted by Crippen LogP contribution is -2.04. The SMILES string of the molecule is FC(F)(F)c1cccc(Oc2ccc(Nc3ncnc4ccn(CCCCl)c34)cc2Cl)c1. The van der Waals surface area contributed by atoms with Gasteiger partial charge in [-0.15, -0.1) is 11.6 Å². The molecule has 2 heterocycles. The molecular formula is C22H17Cl2F3N4O. The number of nitrogens with zero attached hydrogens (tertiary/aromatic N) is 3. The number of aromatic nitrogens is 3. The van der Waals surface area contributed by atoms with Crippen LogP contribution in [0.3, 0.4) is 0 Å². The maximum absolute atomic E-state index is 12.9. The smallest absolute Gasteiger partial charge is 0.416 e. The minimum atomic E-state index is -4.46. The number of aryl methyl sites for hydroxylation is 1. The summed E-state index contributed by atoms with van der Waals surface area (Å²) >= 11 is 12.2. The van der Waals surface area contributed by atoms with Gasteiger partial charge in [0.1, 0.15) is 23.3 Å². The van der Waals surface area contributed by atoms with Crippen LogP contribution >= 0.6 is 23.2 Å². The Bertz CT molecular complexity index is 1240. The van der Waals surface area contributed by atoms with Crippen molar-refractivity contribution in [2.45, 2.75) is 19.1 Å². The summed E-state index contributed by atoms with van der Waals surface area (Å²) in [6.45, 7) is 0.722. The van der Waals surface area contributed by atoms with E-state index in [1.54, 1.807) is 18.2 Å². The molecule has 0 amide bonds. The van der Waals surface area contributed by atoms with Gasteiger partial charge >= 0.3 is 6.18 Å². The van der Waals surface area contributed by atoms with Crippen molar-refractivity contribution in [2.75, 3.05) is 11.2 Å². The number of benzene rings is 2. The zero-order valence-corrected chi connectivity index (χ0v) is 18.0. The molecule has 0 unspecified atom stereocenters. The third kappa shape index (κ3) is 4.92. The van der Waals surface area contributed by atoms with E-state index in [1.807, 2.05) is 16.8 Å². The third-order valence-corrected chi connectivity index (χ3v) is 5.23. The van der Waals surface area contributed by atoms with Gasteiger partial charge in [-0.2, -0.15) is 13.2 Å². The van der Waals surface area contributed by atoms with Crippen LogP contribution in [0.25, 0.3) is 11.0 Å². The monoisotopic (exact) mass is 480 g/mol. The average Bonchev–Trinajstić information content (AvgIpc) is 3.18. The van der Waals surface area contributed by atoms with Gasteiger partial charge in [0.25, 0.3) is 0 Å². The fourth-order valence-corrected chi connectivity index (χ4v) is 3.54. The first kappa shape index (κ1) is 22.2. The molecule has 0 aliphatic carbocycles. The molecule has 1 N–H and O–H groups in total. The van der Waals surface area contributed by atoms with E-state index in [2.05, 4.69) is 15.3 Å². The number of hydrogen-bond acceptors (Lipinski definition) is 4. The number of halogens is 5. The quantitative estimate of drug-likeness (QED) is 0.282. The first-order chi connectivity index (χ1) is 15.3. The molecule has 0 atom stereocenters. The van der Waals surface area contributed by atoms with E-state index in [1.165, 1.54) is 18.5 Å². The van der Waals surface area contributed by atoms with Gasteiger partial charge in [-0.1, -0.05) is 17.7 Å². The second-order valence-electron chi connectivity index (χ2n) is 6.91. The predicted molar refractivity (Wildman–Crippen MR) is 119 cm³/mol. The van der Waals surface area contributed by atoms with Crippen LogP contribution in [0.15, 0.2) is 61.1 Å². The summed E-state index contributed by atoms with van der Waals surface area (Å²) in [4.78, 5) is 8.62. The van der Waals surface area contributed by atoms with Crippen LogP contribution in [-0.4, -0.2) is 20.4 Å². The topological polar surface area (TPSA) is 52.0 Å². The highest BCUT2D eigenvalue weighted by molar-refractivity contribution is 6.32. The minimum Gasteiger partial charge on any atom is -0.456 e. The van der Waals surface area contributed by atoms with Gasteiger partial charge in [-0.3, -0.25) is 0 Å². The van der Waals surface area contributed by atoms with E-state index >= 15 is 0 Å². The molecule has 2 aromatic heterocycles. The molecule has 2 aromatic carbocycles. The molecule has 32 heavy (non-hydrogen) atoms. The van der Waals surface area contributed by atoms with Crippen molar-refractivity contribution in [3.05, 3.63) is 71.6 Å². The van der Waals surface area contributed by atoms with Gasteiger partial charge in [0, 0.05) is 24.3 Å². The highest BCUT2D eigenvalue weighted by Crippen LogP contribution is 2.36. The van der Waals surface area contributed by atoms with Crippen LogP contribution in [0, 0.1) is 0 Å². The molecule has 5 nitrogen and oxygen atoms in total. The Kier molecular flexibility index (Phi) is 6.43. The Balaban J connectivity index is 1.57. The molecule has 4 rings (SSSR count). The van der Waals surface area contributed by atoms with Crippen LogP contribution < -0.4 is 10.1 Å². The van der Waals surface area contributed by atoms with Crippen molar-refractivity contribution in [3.63, 3.8) is 0 Å². The second kappa shape index (κ2) is 9.26. The Morgan fingerprint density at radius 2 is 1.91 bits per heavy atom. The maximum Gasteiger partial charge on any atom is 0.416 e. The third-order valence-electron chi connectivity index (χ3n) is 4.67. The molecule has 166 valence electrons. The van der Waals surface area contributed by atoms with Crippen molar-refractivity contribution >= 4 is 45.7 Å². The number of rotatable bonds is 7. The fourth-order valence-electron chi connectivity index (χ4n) is 3.20. The normalized spacial score (nSPS) is 11.7. The molecule has 4 aromatic rings. The zero-order valence-electron chi connectivity index (χ0n) is 16.5. The molecule has 0 spiro atoms. The van der Waals surface area contributed by atoms with Crippen molar-refractivity contribution in [2.24, 2.45) is 0 Å². The Morgan fingerprint density at radius 1 is 1.06 bits per heavy atom. The minimum absolute atomic E-state index is 0.0389. The van der Waals surface area contributed by atoms with Crippen LogP contribution in [0.1, 0.15) is 12.0 Å². The van der Waals surface area contributed by atoms with Crippen molar-refractivity contribution in [3.8, 4) is 11.5 Å². The van der Waals surface area contributed by atoms with Crippen LogP contribution in [-0.2, 0) is 12.7 Å². The zero-order chi connectivity index (χ0) is 22.7. The van der Waals surface area contributed by atoms with Gasteiger partial charge in [-0.05, 0) is 48.9 Å². The molecule has 0 aliphatic rings. The molecule has 0 radical (unpaired) electrons. The molecule has 0 saturated heterocycles. The molecule has 0 saturated carbocycles. The number of ether oxygens (including phenoxy) is 1. The summed E-state index contributed by atoms with van der Waals surface area (Å²) < 4.78 is 46.4. The van der Waals surface area contributed by atoms with E-state index < -0.39 is 11.7 Å². The Hall–Kier alpha value is -2.97. The van der Waals surface area contributed by atoms with Gasteiger partial charge in [0.15, 0.2) is 5.82 Å². The fraction of sp³-hybridized carbons (Fsp3) is 0.182. The highest BCUT2D eigenvalue weighted by Gasteiger charge is 2.30. The van der Waals surface area contributed by atoms with E-state index in [4.69, 9.17) is 27.9 Å². The lowest BCUT2D eigenvalue weighted by Gasteiger charge is -2.13. The summed E-state index contributed by atoms with van der Waals surface area (Å²) in [5.74, 6) is 1.41. The Morgan fingerprint density at radius 3 is 2.66 bits per heavy atom.